The van der Waals surface area contributed by atoms with Gasteiger partial charge in [-0.3, -0.25) is 4.79 Å². The maximum absolute atomic E-state index is 11.4. The second-order valence-corrected chi connectivity index (χ2v) is 4.88. The molecule has 0 amide bonds. The van der Waals surface area contributed by atoms with Gasteiger partial charge in [0.15, 0.2) is 0 Å². The van der Waals surface area contributed by atoms with Gasteiger partial charge in [0.25, 0.3) is 0 Å². The number of carboxylic acids is 1. The van der Waals surface area contributed by atoms with Crippen LogP contribution in [0.25, 0.3) is 0 Å². The van der Waals surface area contributed by atoms with E-state index in [1.807, 2.05) is 6.92 Å². The van der Waals surface area contributed by atoms with Crippen molar-refractivity contribution in [2.24, 2.45) is 11.3 Å². The van der Waals surface area contributed by atoms with Crippen LogP contribution in [-0.2, 0) is 9.53 Å². The van der Waals surface area contributed by atoms with Gasteiger partial charge in [0.1, 0.15) is 0 Å². The van der Waals surface area contributed by atoms with E-state index in [0.29, 0.717) is 19.6 Å². The van der Waals surface area contributed by atoms with Crippen LogP contribution in [0, 0.1) is 11.3 Å². The first-order valence-electron chi connectivity index (χ1n) is 6.45. The molecule has 1 N–H and O–H groups in total. The molecule has 1 saturated carbocycles. The summed E-state index contributed by atoms with van der Waals surface area (Å²) in [5.74, 6) is 0.112. The van der Waals surface area contributed by atoms with E-state index in [-0.39, 0.29) is 0 Å². The molecule has 0 atom stereocenters. The highest BCUT2D eigenvalue weighted by Gasteiger charge is 2.41. The fraction of sp³-hybridized carbons (Fsp3) is 0.923. The Labute approximate surface area is 98.2 Å². The van der Waals surface area contributed by atoms with Gasteiger partial charge in [-0.15, -0.1) is 0 Å². The van der Waals surface area contributed by atoms with E-state index in [1.54, 1.807) is 0 Å². The zero-order valence-electron chi connectivity index (χ0n) is 10.5. The molecule has 0 saturated heterocycles. The number of carboxylic acid groups (broad SMARTS) is 1. The van der Waals surface area contributed by atoms with Gasteiger partial charge in [0.05, 0.1) is 5.41 Å². The van der Waals surface area contributed by atoms with Crippen molar-refractivity contribution in [3.63, 3.8) is 0 Å². The molecule has 1 aliphatic carbocycles. The van der Waals surface area contributed by atoms with Gasteiger partial charge in [-0.2, -0.15) is 0 Å². The van der Waals surface area contributed by atoms with Gasteiger partial charge in [-0.05, 0) is 44.9 Å². The quantitative estimate of drug-likeness (QED) is 0.711. The van der Waals surface area contributed by atoms with E-state index < -0.39 is 11.4 Å². The molecule has 0 radical (unpaired) electrons. The SMILES string of the molecule is CCOCCC1(C(=O)O)CCC(CC)CC1. The van der Waals surface area contributed by atoms with Crippen LogP contribution in [0.2, 0.25) is 0 Å². The second-order valence-electron chi connectivity index (χ2n) is 4.88. The maximum Gasteiger partial charge on any atom is 0.309 e. The summed E-state index contributed by atoms with van der Waals surface area (Å²) < 4.78 is 5.30. The van der Waals surface area contributed by atoms with Crippen molar-refractivity contribution >= 4 is 5.97 Å². The molecule has 0 aromatic rings. The molecule has 0 aliphatic heterocycles. The molecule has 0 spiro atoms. The van der Waals surface area contributed by atoms with Crippen molar-refractivity contribution in [2.45, 2.75) is 52.4 Å². The molecule has 0 unspecified atom stereocenters. The highest BCUT2D eigenvalue weighted by molar-refractivity contribution is 5.74. The van der Waals surface area contributed by atoms with Gasteiger partial charge >= 0.3 is 5.97 Å². The lowest BCUT2D eigenvalue weighted by atomic mass is 9.68. The third kappa shape index (κ3) is 3.21. The van der Waals surface area contributed by atoms with Crippen LogP contribution in [0.15, 0.2) is 0 Å². The van der Waals surface area contributed by atoms with Crippen molar-refractivity contribution in [2.75, 3.05) is 13.2 Å². The Morgan fingerprint density at radius 1 is 1.38 bits per heavy atom. The van der Waals surface area contributed by atoms with Crippen LogP contribution in [0.1, 0.15) is 52.4 Å². The summed E-state index contributed by atoms with van der Waals surface area (Å²) in [4.78, 5) is 11.4. The molecular weight excluding hydrogens is 204 g/mol. The van der Waals surface area contributed by atoms with Gasteiger partial charge in [-0.25, -0.2) is 0 Å². The highest BCUT2D eigenvalue weighted by atomic mass is 16.5. The second kappa shape index (κ2) is 6.24. The molecule has 1 fully saturated rings. The molecule has 0 aromatic heterocycles. The Kier molecular flexibility index (Phi) is 5.26. The summed E-state index contributed by atoms with van der Waals surface area (Å²) in [6.07, 6.45) is 5.64. The van der Waals surface area contributed by atoms with Crippen molar-refractivity contribution in [3.8, 4) is 0 Å². The van der Waals surface area contributed by atoms with E-state index in [1.165, 1.54) is 6.42 Å². The van der Waals surface area contributed by atoms with Crippen LogP contribution in [0.3, 0.4) is 0 Å². The third-order valence-corrected chi connectivity index (χ3v) is 4.02. The molecule has 16 heavy (non-hydrogen) atoms. The molecule has 3 heteroatoms. The molecule has 1 rings (SSSR count). The third-order valence-electron chi connectivity index (χ3n) is 4.02. The molecule has 0 bridgehead atoms. The summed E-state index contributed by atoms with van der Waals surface area (Å²) >= 11 is 0. The van der Waals surface area contributed by atoms with E-state index in [0.717, 1.165) is 31.6 Å². The van der Waals surface area contributed by atoms with Crippen molar-refractivity contribution in [1.29, 1.82) is 0 Å². The van der Waals surface area contributed by atoms with Crippen molar-refractivity contribution in [3.05, 3.63) is 0 Å². The van der Waals surface area contributed by atoms with Crippen LogP contribution in [0.4, 0.5) is 0 Å². The topological polar surface area (TPSA) is 46.5 Å². The number of hydrogen-bond acceptors (Lipinski definition) is 2. The van der Waals surface area contributed by atoms with Gasteiger partial charge in [0.2, 0.25) is 0 Å². The fourth-order valence-corrected chi connectivity index (χ4v) is 2.62. The molecule has 1 aliphatic rings. The molecule has 0 heterocycles. The van der Waals surface area contributed by atoms with Crippen molar-refractivity contribution < 1.29 is 14.6 Å². The van der Waals surface area contributed by atoms with E-state index in [4.69, 9.17) is 4.74 Å². The standard InChI is InChI=1S/C13H24O3/c1-3-11-5-7-13(8-6-11,12(14)15)9-10-16-4-2/h11H,3-10H2,1-2H3,(H,14,15). The lowest BCUT2D eigenvalue weighted by molar-refractivity contribution is -0.153. The zero-order chi connectivity index (χ0) is 12.0. The first-order valence-corrected chi connectivity index (χ1v) is 6.45. The van der Waals surface area contributed by atoms with Gasteiger partial charge in [0, 0.05) is 13.2 Å². The molecular formula is C13H24O3. The van der Waals surface area contributed by atoms with Crippen LogP contribution < -0.4 is 0 Å². The van der Waals surface area contributed by atoms with Gasteiger partial charge in [-0.1, -0.05) is 13.3 Å². The lowest BCUT2D eigenvalue weighted by Crippen LogP contribution is -2.36. The summed E-state index contributed by atoms with van der Waals surface area (Å²) in [6.45, 7) is 5.40. The summed E-state index contributed by atoms with van der Waals surface area (Å²) in [7, 11) is 0. The fourth-order valence-electron chi connectivity index (χ4n) is 2.62. The molecule has 3 nitrogen and oxygen atoms in total. The zero-order valence-corrected chi connectivity index (χ0v) is 10.5. The Morgan fingerprint density at radius 2 is 2.00 bits per heavy atom. The maximum atomic E-state index is 11.4. The van der Waals surface area contributed by atoms with Gasteiger partial charge < -0.3 is 9.84 Å². The minimum Gasteiger partial charge on any atom is -0.481 e. The number of carbonyl (C=O) groups is 1. The Hall–Kier alpha value is -0.570. The number of ether oxygens (including phenoxy) is 1. The number of hydrogen-bond donors (Lipinski definition) is 1. The minimum atomic E-state index is -0.623. The normalized spacial score (nSPS) is 30.2. The monoisotopic (exact) mass is 228 g/mol. The van der Waals surface area contributed by atoms with E-state index in [2.05, 4.69) is 6.92 Å². The lowest BCUT2D eigenvalue weighted by Gasteiger charge is -2.36. The van der Waals surface area contributed by atoms with E-state index in [9.17, 15) is 9.90 Å². The first kappa shape index (κ1) is 13.5. The number of rotatable bonds is 6. The first-order chi connectivity index (χ1) is 7.64. The highest BCUT2D eigenvalue weighted by Crippen LogP contribution is 2.42. The van der Waals surface area contributed by atoms with Crippen LogP contribution >= 0.6 is 0 Å². The number of aliphatic carboxylic acids is 1. The predicted molar refractivity (Wildman–Crippen MR) is 63.4 cm³/mol. The summed E-state index contributed by atoms with van der Waals surface area (Å²) in [5, 5.41) is 9.39. The molecule has 0 aromatic carbocycles. The average Bonchev–Trinajstić information content (AvgIpc) is 2.30. The summed E-state index contributed by atoms with van der Waals surface area (Å²) in [5.41, 5.74) is -0.499. The van der Waals surface area contributed by atoms with Crippen molar-refractivity contribution in [1.82, 2.24) is 0 Å². The van der Waals surface area contributed by atoms with Crippen LogP contribution in [0.5, 0.6) is 0 Å². The molecule has 94 valence electrons. The smallest absolute Gasteiger partial charge is 0.309 e. The van der Waals surface area contributed by atoms with E-state index >= 15 is 0 Å². The van der Waals surface area contributed by atoms with Crippen LogP contribution in [-0.4, -0.2) is 24.3 Å². The average molecular weight is 228 g/mol. The Bertz CT molecular complexity index is 212. The largest absolute Gasteiger partial charge is 0.481 e. The minimum absolute atomic E-state index is 0.499. The predicted octanol–water partition coefficient (Wildman–Crippen LogP) is 3.08. The Balaban J connectivity index is 2.51. The Morgan fingerprint density at radius 3 is 2.44 bits per heavy atom. The summed E-state index contributed by atoms with van der Waals surface area (Å²) in [6, 6.07) is 0.